The summed E-state index contributed by atoms with van der Waals surface area (Å²) in [5.74, 6) is 0. The second-order valence-corrected chi connectivity index (χ2v) is 6.70. The first-order chi connectivity index (χ1) is 12.7. The summed E-state index contributed by atoms with van der Waals surface area (Å²) in [6.45, 7) is 2.92. The number of anilines is 2. The standard InChI is InChI=1S/C20H19ClN4O/c21-15-6-7-17-18(14-15)22-9-8-19(17)24-10-12-25(13-11-24)20(26)23-16-4-2-1-3-5-16/h1-9,14H,10-13H2,(H,23,26). The summed E-state index contributed by atoms with van der Waals surface area (Å²) in [5.41, 5.74) is 2.84. The fourth-order valence-corrected chi connectivity index (χ4v) is 3.42. The minimum Gasteiger partial charge on any atom is -0.367 e. The third-order valence-corrected chi connectivity index (χ3v) is 4.85. The van der Waals surface area contributed by atoms with Gasteiger partial charge in [-0.05, 0) is 36.4 Å². The highest BCUT2D eigenvalue weighted by molar-refractivity contribution is 6.31. The number of pyridine rings is 1. The van der Waals surface area contributed by atoms with E-state index >= 15 is 0 Å². The summed E-state index contributed by atoms with van der Waals surface area (Å²) in [7, 11) is 0. The lowest BCUT2D eigenvalue weighted by atomic mass is 10.1. The van der Waals surface area contributed by atoms with Gasteiger partial charge in [0.2, 0.25) is 0 Å². The number of carbonyl (C=O) groups is 1. The van der Waals surface area contributed by atoms with Crippen LogP contribution in [0.5, 0.6) is 0 Å². The van der Waals surface area contributed by atoms with E-state index in [0.29, 0.717) is 18.1 Å². The topological polar surface area (TPSA) is 48.5 Å². The first-order valence-electron chi connectivity index (χ1n) is 8.61. The van der Waals surface area contributed by atoms with Crippen LogP contribution < -0.4 is 10.2 Å². The van der Waals surface area contributed by atoms with Gasteiger partial charge in [0.25, 0.3) is 0 Å². The number of benzene rings is 2. The molecule has 1 N–H and O–H groups in total. The summed E-state index contributed by atoms with van der Waals surface area (Å²) in [4.78, 5) is 21.0. The highest BCUT2D eigenvalue weighted by Crippen LogP contribution is 2.28. The summed E-state index contributed by atoms with van der Waals surface area (Å²) in [6.07, 6.45) is 1.81. The number of rotatable bonds is 2. The predicted octanol–water partition coefficient (Wildman–Crippen LogP) is 4.24. The fourth-order valence-electron chi connectivity index (χ4n) is 3.26. The van der Waals surface area contributed by atoms with Gasteiger partial charge < -0.3 is 15.1 Å². The number of aromatic nitrogens is 1. The van der Waals surface area contributed by atoms with Crippen molar-refractivity contribution < 1.29 is 4.79 Å². The number of carbonyl (C=O) groups excluding carboxylic acids is 1. The monoisotopic (exact) mass is 366 g/mol. The van der Waals surface area contributed by atoms with E-state index < -0.39 is 0 Å². The van der Waals surface area contributed by atoms with E-state index in [1.54, 1.807) is 0 Å². The lowest BCUT2D eigenvalue weighted by Gasteiger charge is -2.36. The quantitative estimate of drug-likeness (QED) is 0.737. The number of amides is 2. The zero-order valence-electron chi connectivity index (χ0n) is 14.2. The van der Waals surface area contributed by atoms with Gasteiger partial charge >= 0.3 is 6.03 Å². The molecule has 5 nitrogen and oxygen atoms in total. The zero-order valence-corrected chi connectivity index (χ0v) is 15.0. The molecule has 132 valence electrons. The van der Waals surface area contributed by atoms with Crippen LogP contribution in [-0.2, 0) is 0 Å². The van der Waals surface area contributed by atoms with Crippen molar-refractivity contribution in [3.8, 4) is 0 Å². The average molecular weight is 367 g/mol. The van der Waals surface area contributed by atoms with Crippen LogP contribution in [0.4, 0.5) is 16.2 Å². The van der Waals surface area contributed by atoms with Gasteiger partial charge in [-0.3, -0.25) is 4.98 Å². The van der Waals surface area contributed by atoms with E-state index in [-0.39, 0.29) is 6.03 Å². The molecule has 1 aliphatic heterocycles. The highest BCUT2D eigenvalue weighted by atomic mass is 35.5. The molecule has 2 amide bonds. The molecule has 0 atom stereocenters. The van der Waals surface area contributed by atoms with Gasteiger partial charge in [0.05, 0.1) is 5.52 Å². The van der Waals surface area contributed by atoms with Crippen molar-refractivity contribution in [2.45, 2.75) is 0 Å². The number of nitrogens with zero attached hydrogens (tertiary/aromatic N) is 3. The SMILES string of the molecule is O=C(Nc1ccccc1)N1CCN(c2ccnc3cc(Cl)ccc23)CC1. The molecule has 0 radical (unpaired) electrons. The molecule has 2 heterocycles. The number of piperazine rings is 1. The van der Waals surface area contributed by atoms with Crippen LogP contribution in [0.3, 0.4) is 0 Å². The van der Waals surface area contributed by atoms with Crippen molar-refractivity contribution in [3.63, 3.8) is 0 Å². The van der Waals surface area contributed by atoms with E-state index in [0.717, 1.165) is 35.4 Å². The Labute approximate surface area is 157 Å². The third-order valence-electron chi connectivity index (χ3n) is 4.61. The number of urea groups is 1. The summed E-state index contributed by atoms with van der Waals surface area (Å²) in [5, 5.41) is 4.71. The molecule has 6 heteroatoms. The van der Waals surface area contributed by atoms with E-state index in [1.807, 2.05) is 65.7 Å². The number of hydrogen-bond donors (Lipinski definition) is 1. The van der Waals surface area contributed by atoms with Crippen LogP contribution in [0.15, 0.2) is 60.8 Å². The Kier molecular flexibility index (Phi) is 4.63. The molecule has 1 aliphatic rings. The van der Waals surface area contributed by atoms with Crippen molar-refractivity contribution in [3.05, 3.63) is 65.8 Å². The number of fused-ring (bicyclic) bond motifs is 1. The average Bonchev–Trinajstić information content (AvgIpc) is 2.68. The van der Waals surface area contributed by atoms with Crippen molar-refractivity contribution >= 4 is 39.9 Å². The molecule has 0 unspecified atom stereocenters. The summed E-state index contributed by atoms with van der Waals surface area (Å²) < 4.78 is 0. The van der Waals surface area contributed by atoms with Crippen LogP contribution in [0.2, 0.25) is 5.02 Å². The van der Waals surface area contributed by atoms with E-state index in [4.69, 9.17) is 11.6 Å². The Morgan fingerprint density at radius 2 is 1.77 bits per heavy atom. The largest absolute Gasteiger partial charge is 0.367 e. The minimum absolute atomic E-state index is 0.0535. The van der Waals surface area contributed by atoms with Gasteiger partial charge in [0.15, 0.2) is 0 Å². The second-order valence-electron chi connectivity index (χ2n) is 6.26. The van der Waals surface area contributed by atoms with Crippen LogP contribution in [-0.4, -0.2) is 42.1 Å². The van der Waals surface area contributed by atoms with Gasteiger partial charge in [0, 0.05) is 54.2 Å². The normalized spacial score (nSPS) is 14.5. The lowest BCUT2D eigenvalue weighted by molar-refractivity contribution is 0.208. The number of halogens is 1. The van der Waals surface area contributed by atoms with Gasteiger partial charge in [0.1, 0.15) is 0 Å². The molecule has 1 aromatic heterocycles. The van der Waals surface area contributed by atoms with E-state index in [9.17, 15) is 4.79 Å². The number of hydrogen-bond acceptors (Lipinski definition) is 3. The smallest absolute Gasteiger partial charge is 0.321 e. The van der Waals surface area contributed by atoms with Gasteiger partial charge in [-0.2, -0.15) is 0 Å². The Morgan fingerprint density at radius 1 is 1.00 bits per heavy atom. The highest BCUT2D eigenvalue weighted by Gasteiger charge is 2.22. The van der Waals surface area contributed by atoms with Crippen LogP contribution in [0, 0.1) is 0 Å². The molecule has 0 saturated carbocycles. The molecule has 0 bridgehead atoms. The lowest BCUT2D eigenvalue weighted by Crippen LogP contribution is -2.50. The van der Waals surface area contributed by atoms with Crippen LogP contribution >= 0.6 is 11.6 Å². The molecule has 0 spiro atoms. The number of nitrogens with one attached hydrogen (secondary N) is 1. The van der Waals surface area contributed by atoms with Gasteiger partial charge in [-0.1, -0.05) is 29.8 Å². The maximum absolute atomic E-state index is 12.4. The summed E-state index contributed by atoms with van der Waals surface area (Å²) in [6, 6.07) is 17.3. The Balaban J connectivity index is 1.45. The summed E-state index contributed by atoms with van der Waals surface area (Å²) >= 11 is 6.07. The Hall–Kier alpha value is -2.79. The first kappa shape index (κ1) is 16.7. The molecule has 26 heavy (non-hydrogen) atoms. The molecular formula is C20H19ClN4O. The molecular weight excluding hydrogens is 348 g/mol. The van der Waals surface area contributed by atoms with Gasteiger partial charge in [-0.25, -0.2) is 4.79 Å². The first-order valence-corrected chi connectivity index (χ1v) is 8.99. The molecule has 0 aliphatic carbocycles. The van der Waals surface area contributed by atoms with E-state index in [1.165, 1.54) is 0 Å². The molecule has 4 rings (SSSR count). The third kappa shape index (κ3) is 3.44. The predicted molar refractivity (Wildman–Crippen MR) is 106 cm³/mol. The molecule has 1 fully saturated rings. The molecule has 1 saturated heterocycles. The minimum atomic E-state index is -0.0535. The molecule has 2 aromatic carbocycles. The zero-order chi connectivity index (χ0) is 17.9. The van der Waals surface area contributed by atoms with Crippen LogP contribution in [0.1, 0.15) is 0 Å². The maximum Gasteiger partial charge on any atom is 0.321 e. The fraction of sp³-hybridized carbons (Fsp3) is 0.200. The second kappa shape index (κ2) is 7.22. The molecule has 3 aromatic rings. The van der Waals surface area contributed by atoms with Crippen molar-refractivity contribution in [1.82, 2.24) is 9.88 Å². The van der Waals surface area contributed by atoms with Crippen LogP contribution in [0.25, 0.3) is 10.9 Å². The van der Waals surface area contributed by atoms with Crippen molar-refractivity contribution in [1.29, 1.82) is 0 Å². The van der Waals surface area contributed by atoms with Crippen molar-refractivity contribution in [2.24, 2.45) is 0 Å². The Bertz CT molecular complexity index is 924. The Morgan fingerprint density at radius 3 is 2.54 bits per heavy atom. The number of para-hydroxylation sites is 1. The van der Waals surface area contributed by atoms with E-state index in [2.05, 4.69) is 15.2 Å². The van der Waals surface area contributed by atoms with Crippen molar-refractivity contribution in [2.75, 3.05) is 36.4 Å². The van der Waals surface area contributed by atoms with Gasteiger partial charge in [-0.15, -0.1) is 0 Å². The maximum atomic E-state index is 12.4.